The first-order chi connectivity index (χ1) is 8.25. The zero-order valence-electron chi connectivity index (χ0n) is 10.4. The normalized spacial score (nSPS) is 24.2. The molecule has 2 aliphatic rings. The Bertz CT molecular complexity index is 245. The third-order valence-electron chi connectivity index (χ3n) is 3.61. The number of hydrogen-bond donors (Lipinski definition) is 2. The van der Waals surface area contributed by atoms with Gasteiger partial charge in [-0.05, 0) is 25.7 Å². The maximum absolute atomic E-state index is 11.1. The lowest BCUT2D eigenvalue weighted by molar-refractivity contribution is -0.142. The SMILES string of the molecule is O=C(O)C(COC1CCCCCC1)NC1CC1. The molecule has 0 amide bonds. The molecular formula is C13H23NO3. The van der Waals surface area contributed by atoms with Crippen molar-refractivity contribution in [2.75, 3.05) is 6.61 Å². The van der Waals surface area contributed by atoms with Gasteiger partial charge in [0.15, 0.2) is 0 Å². The highest BCUT2D eigenvalue weighted by Gasteiger charge is 2.29. The monoisotopic (exact) mass is 241 g/mol. The standard InChI is InChI=1S/C13H23NO3/c15-13(16)12(14-10-7-8-10)9-17-11-5-3-1-2-4-6-11/h10-12,14H,1-9H2,(H,15,16). The van der Waals surface area contributed by atoms with Crippen molar-refractivity contribution in [3.05, 3.63) is 0 Å². The van der Waals surface area contributed by atoms with Crippen molar-refractivity contribution in [2.24, 2.45) is 0 Å². The van der Waals surface area contributed by atoms with Gasteiger partial charge in [-0.2, -0.15) is 0 Å². The summed E-state index contributed by atoms with van der Waals surface area (Å²) in [6.45, 7) is 0.316. The van der Waals surface area contributed by atoms with Crippen LogP contribution in [0.25, 0.3) is 0 Å². The van der Waals surface area contributed by atoms with Crippen molar-refractivity contribution >= 4 is 5.97 Å². The van der Waals surface area contributed by atoms with E-state index in [4.69, 9.17) is 9.84 Å². The fourth-order valence-corrected chi connectivity index (χ4v) is 2.37. The highest BCUT2D eigenvalue weighted by atomic mass is 16.5. The molecular weight excluding hydrogens is 218 g/mol. The molecule has 0 bridgehead atoms. The maximum atomic E-state index is 11.1. The first kappa shape index (κ1) is 12.8. The van der Waals surface area contributed by atoms with Crippen LogP contribution >= 0.6 is 0 Å². The average Bonchev–Trinajstić information content (AvgIpc) is 3.11. The summed E-state index contributed by atoms with van der Waals surface area (Å²) in [6, 6.07) is -0.111. The number of carboxylic acid groups (broad SMARTS) is 1. The molecule has 0 spiro atoms. The fourth-order valence-electron chi connectivity index (χ4n) is 2.37. The van der Waals surface area contributed by atoms with Gasteiger partial charge in [0.25, 0.3) is 0 Å². The molecule has 1 unspecified atom stereocenters. The molecule has 17 heavy (non-hydrogen) atoms. The van der Waals surface area contributed by atoms with Crippen molar-refractivity contribution in [3.63, 3.8) is 0 Å². The Morgan fingerprint density at radius 2 is 1.82 bits per heavy atom. The molecule has 2 N–H and O–H groups in total. The van der Waals surface area contributed by atoms with E-state index in [9.17, 15) is 4.79 Å². The highest BCUT2D eigenvalue weighted by molar-refractivity contribution is 5.73. The van der Waals surface area contributed by atoms with Crippen LogP contribution in [0.4, 0.5) is 0 Å². The summed E-state index contributed by atoms with van der Waals surface area (Å²) in [7, 11) is 0. The first-order valence-corrected chi connectivity index (χ1v) is 6.86. The van der Waals surface area contributed by atoms with E-state index < -0.39 is 12.0 Å². The summed E-state index contributed by atoms with van der Waals surface area (Å²) in [5.41, 5.74) is 0. The number of carboxylic acids is 1. The second-order valence-corrected chi connectivity index (χ2v) is 5.28. The molecule has 2 saturated carbocycles. The zero-order chi connectivity index (χ0) is 12.1. The molecule has 2 aliphatic carbocycles. The molecule has 4 nitrogen and oxygen atoms in total. The van der Waals surface area contributed by atoms with Gasteiger partial charge in [0, 0.05) is 6.04 Å². The number of carbonyl (C=O) groups is 1. The minimum absolute atomic E-state index is 0.278. The van der Waals surface area contributed by atoms with Gasteiger partial charge in [-0.3, -0.25) is 10.1 Å². The second-order valence-electron chi connectivity index (χ2n) is 5.28. The minimum Gasteiger partial charge on any atom is -0.480 e. The van der Waals surface area contributed by atoms with E-state index in [1.165, 1.54) is 25.7 Å². The second kappa shape index (κ2) is 6.36. The van der Waals surface area contributed by atoms with Crippen molar-refractivity contribution in [1.82, 2.24) is 5.32 Å². The van der Waals surface area contributed by atoms with Gasteiger partial charge in [-0.25, -0.2) is 0 Å². The van der Waals surface area contributed by atoms with E-state index in [-0.39, 0.29) is 6.10 Å². The smallest absolute Gasteiger partial charge is 0.323 e. The van der Waals surface area contributed by atoms with Crippen LogP contribution in [-0.4, -0.2) is 35.9 Å². The molecule has 0 heterocycles. The van der Waals surface area contributed by atoms with E-state index in [2.05, 4.69) is 5.32 Å². The molecule has 4 heteroatoms. The van der Waals surface area contributed by atoms with Gasteiger partial charge in [-0.15, -0.1) is 0 Å². The van der Waals surface area contributed by atoms with Crippen LogP contribution in [0.1, 0.15) is 51.4 Å². The fraction of sp³-hybridized carbons (Fsp3) is 0.923. The molecule has 2 fully saturated rings. The quantitative estimate of drug-likeness (QED) is 0.698. The summed E-state index contributed by atoms with van der Waals surface area (Å²) in [5, 5.41) is 12.2. The largest absolute Gasteiger partial charge is 0.480 e. The first-order valence-electron chi connectivity index (χ1n) is 6.86. The summed E-state index contributed by atoms with van der Waals surface area (Å²) in [6.07, 6.45) is 9.70. The topological polar surface area (TPSA) is 58.6 Å². The molecule has 0 aliphatic heterocycles. The summed E-state index contributed by atoms with van der Waals surface area (Å²) >= 11 is 0. The lowest BCUT2D eigenvalue weighted by atomic mass is 10.1. The Labute approximate surface area is 103 Å². The Balaban J connectivity index is 1.71. The lowest BCUT2D eigenvalue weighted by Gasteiger charge is -2.19. The van der Waals surface area contributed by atoms with Crippen LogP contribution in [0.5, 0.6) is 0 Å². The summed E-state index contributed by atoms with van der Waals surface area (Å²) < 4.78 is 5.77. The predicted octanol–water partition coefficient (Wildman–Crippen LogP) is 1.93. The van der Waals surface area contributed by atoms with Gasteiger partial charge in [0.2, 0.25) is 0 Å². The van der Waals surface area contributed by atoms with Gasteiger partial charge < -0.3 is 9.84 Å². The Kier molecular flexibility index (Phi) is 4.80. The number of nitrogens with one attached hydrogen (secondary N) is 1. The van der Waals surface area contributed by atoms with Crippen LogP contribution in [0.3, 0.4) is 0 Å². The van der Waals surface area contributed by atoms with E-state index >= 15 is 0 Å². The van der Waals surface area contributed by atoms with Crippen molar-refractivity contribution in [2.45, 2.75) is 69.6 Å². The van der Waals surface area contributed by atoms with Crippen LogP contribution < -0.4 is 5.32 Å². The number of rotatable bonds is 6. The molecule has 0 aromatic rings. The highest BCUT2D eigenvalue weighted by Crippen LogP contribution is 2.21. The van der Waals surface area contributed by atoms with Gasteiger partial charge >= 0.3 is 5.97 Å². The summed E-state index contributed by atoms with van der Waals surface area (Å²) in [5.74, 6) is -0.787. The van der Waals surface area contributed by atoms with Crippen molar-refractivity contribution in [3.8, 4) is 0 Å². The third kappa shape index (κ3) is 4.64. The average molecular weight is 241 g/mol. The minimum atomic E-state index is -0.787. The molecule has 0 aromatic heterocycles. The number of aliphatic carboxylic acids is 1. The lowest BCUT2D eigenvalue weighted by Crippen LogP contribution is -2.42. The third-order valence-corrected chi connectivity index (χ3v) is 3.61. The Hall–Kier alpha value is -0.610. The summed E-state index contributed by atoms with van der Waals surface area (Å²) in [4.78, 5) is 11.1. The van der Waals surface area contributed by atoms with Crippen LogP contribution in [0, 0.1) is 0 Å². The van der Waals surface area contributed by atoms with Gasteiger partial charge in [0.1, 0.15) is 6.04 Å². The zero-order valence-corrected chi connectivity index (χ0v) is 10.4. The Morgan fingerprint density at radius 1 is 1.18 bits per heavy atom. The van der Waals surface area contributed by atoms with E-state index in [0.717, 1.165) is 25.7 Å². The molecule has 1 atom stereocenters. The molecule has 2 rings (SSSR count). The van der Waals surface area contributed by atoms with Gasteiger partial charge in [-0.1, -0.05) is 25.7 Å². The van der Waals surface area contributed by atoms with Crippen LogP contribution in [-0.2, 0) is 9.53 Å². The maximum Gasteiger partial charge on any atom is 0.323 e. The van der Waals surface area contributed by atoms with Crippen LogP contribution in [0.2, 0.25) is 0 Å². The number of hydrogen-bond acceptors (Lipinski definition) is 3. The van der Waals surface area contributed by atoms with Crippen molar-refractivity contribution < 1.29 is 14.6 Å². The van der Waals surface area contributed by atoms with Gasteiger partial charge in [0.05, 0.1) is 12.7 Å². The number of ether oxygens (including phenoxy) is 1. The molecule has 98 valence electrons. The van der Waals surface area contributed by atoms with Crippen LogP contribution in [0.15, 0.2) is 0 Å². The molecule has 0 radical (unpaired) electrons. The molecule has 0 aromatic carbocycles. The predicted molar refractivity (Wildman–Crippen MR) is 65.0 cm³/mol. The molecule has 0 saturated heterocycles. The Morgan fingerprint density at radius 3 is 2.35 bits per heavy atom. The van der Waals surface area contributed by atoms with E-state index in [1.807, 2.05) is 0 Å². The van der Waals surface area contributed by atoms with E-state index in [0.29, 0.717) is 12.6 Å². The van der Waals surface area contributed by atoms with Crippen molar-refractivity contribution in [1.29, 1.82) is 0 Å². The van der Waals surface area contributed by atoms with E-state index in [1.54, 1.807) is 0 Å².